The van der Waals surface area contributed by atoms with Crippen molar-refractivity contribution in [1.29, 1.82) is 0 Å². The molecule has 1 aromatic carbocycles. The number of nitrogens with zero attached hydrogens (tertiary/aromatic N) is 1. The Morgan fingerprint density at radius 3 is 1.92 bits per heavy atom. The van der Waals surface area contributed by atoms with Gasteiger partial charge in [-0.05, 0) is 49.9 Å². The van der Waals surface area contributed by atoms with Crippen LogP contribution in [0.3, 0.4) is 0 Å². The van der Waals surface area contributed by atoms with Gasteiger partial charge in [0.2, 0.25) is 0 Å². The van der Waals surface area contributed by atoms with Gasteiger partial charge in [-0.3, -0.25) is 0 Å². The predicted octanol–water partition coefficient (Wildman–Crippen LogP) is 0.407. The van der Waals surface area contributed by atoms with Gasteiger partial charge in [-0.1, -0.05) is 61.8 Å². The second kappa shape index (κ2) is 13.4. The van der Waals surface area contributed by atoms with Crippen LogP contribution in [-0.2, 0) is 26.2 Å². The Bertz CT molecular complexity index is 615. The molecule has 0 fully saturated rings. The van der Waals surface area contributed by atoms with E-state index in [0.717, 1.165) is 6.54 Å². The Labute approximate surface area is 194 Å². The molecule has 1 aliphatic carbocycles. The van der Waals surface area contributed by atoms with E-state index in [-0.39, 0.29) is 51.0 Å². The van der Waals surface area contributed by atoms with Crippen LogP contribution in [0.1, 0.15) is 46.6 Å². The fourth-order valence-electron chi connectivity index (χ4n) is 3.41. The summed E-state index contributed by atoms with van der Waals surface area (Å²) in [5.41, 5.74) is 8.31. The topological polar surface area (TPSA) is 14.1 Å². The normalized spacial score (nSPS) is 12.6. The Kier molecular flexibility index (Phi) is 14.6. The predicted molar refractivity (Wildman–Crippen MR) is 107 cm³/mol. The maximum absolute atomic E-state index is 5.06. The number of halogens is 2. The number of rotatable bonds is 7. The van der Waals surface area contributed by atoms with Crippen LogP contribution in [0.5, 0.6) is 0 Å². The number of benzene rings is 1. The summed E-state index contributed by atoms with van der Waals surface area (Å²) in [4.78, 5) is 0. The van der Waals surface area contributed by atoms with Crippen LogP contribution < -0.4 is 24.8 Å². The molecule has 2 rings (SSSR count). The Balaban J connectivity index is 0. The second-order valence-corrected chi connectivity index (χ2v) is 10.7. The van der Waals surface area contributed by atoms with Gasteiger partial charge in [0.25, 0.3) is 0 Å². The van der Waals surface area contributed by atoms with Crippen LogP contribution in [0.4, 0.5) is 5.69 Å². The summed E-state index contributed by atoms with van der Waals surface area (Å²) in [5.74, 6) is 0.398. The fourth-order valence-corrected chi connectivity index (χ4v) is 4.52. The first-order chi connectivity index (χ1) is 10.9. The number of allylic oxidation sites excluding steroid dienone is 4. The van der Waals surface area contributed by atoms with Crippen molar-refractivity contribution in [1.82, 2.24) is 0 Å². The summed E-state index contributed by atoms with van der Waals surface area (Å²) in [6.07, 6.45) is 11.5. The van der Waals surface area contributed by atoms with Gasteiger partial charge in [-0.15, -0.1) is 12.2 Å². The molecule has 0 N–H and O–H groups in total. The molecule has 1 radical (unpaired) electrons. The third-order valence-electron chi connectivity index (χ3n) is 5.24. The monoisotopic (exact) mass is 486 g/mol. The average molecular weight is 489 g/mol. The van der Waals surface area contributed by atoms with Crippen molar-refractivity contribution in [2.75, 3.05) is 6.54 Å². The van der Waals surface area contributed by atoms with Crippen LogP contribution in [0.15, 0.2) is 24.3 Å². The van der Waals surface area contributed by atoms with E-state index in [1.807, 2.05) is 0 Å². The molecule has 0 heterocycles. The van der Waals surface area contributed by atoms with Gasteiger partial charge in [-0.25, -0.2) is 0 Å². The van der Waals surface area contributed by atoms with Gasteiger partial charge in [0.05, 0.1) is 0 Å². The molecule has 143 valence electrons. The van der Waals surface area contributed by atoms with Crippen LogP contribution in [0.25, 0.3) is 5.32 Å². The minimum atomic E-state index is -0.408. The van der Waals surface area contributed by atoms with Crippen LogP contribution >= 0.6 is 0 Å². The summed E-state index contributed by atoms with van der Waals surface area (Å²) in [6, 6.07) is 1.45. The van der Waals surface area contributed by atoms with Crippen molar-refractivity contribution in [3.63, 3.8) is 0 Å². The van der Waals surface area contributed by atoms with Crippen molar-refractivity contribution < 1.29 is 51.0 Å². The Hall–Kier alpha value is 0.180. The molecule has 1 aromatic rings. The molecular weight excluding hydrogens is 456 g/mol. The van der Waals surface area contributed by atoms with Gasteiger partial charge in [0.1, 0.15) is 0 Å². The van der Waals surface area contributed by atoms with E-state index in [1.165, 1.54) is 52.4 Å². The molecule has 0 bridgehead atoms. The second-order valence-electron chi connectivity index (χ2n) is 7.33. The molecular formula is C21H32Cl2NSiZr. The smallest absolute Gasteiger partial charge is 1.00 e. The summed E-state index contributed by atoms with van der Waals surface area (Å²) in [6.45, 7) is 14.8. The summed E-state index contributed by atoms with van der Waals surface area (Å²) in [5, 5.41) is 5.06. The van der Waals surface area contributed by atoms with Crippen molar-refractivity contribution in [2.45, 2.75) is 65.6 Å². The van der Waals surface area contributed by atoms with E-state index in [1.54, 1.807) is 0 Å². The number of hydrogen-bond donors (Lipinski definition) is 0. The molecule has 5 heteroatoms. The minimum Gasteiger partial charge on any atom is -1.00 e. The Morgan fingerprint density at radius 1 is 0.846 bits per heavy atom. The molecule has 0 amide bonds. The zero-order valence-corrected chi connectivity index (χ0v) is 22.1. The van der Waals surface area contributed by atoms with E-state index in [2.05, 4.69) is 65.1 Å². The van der Waals surface area contributed by atoms with Crippen LogP contribution in [-0.4, -0.2) is 15.3 Å². The molecule has 26 heavy (non-hydrogen) atoms. The van der Waals surface area contributed by atoms with E-state index in [4.69, 9.17) is 5.32 Å². The van der Waals surface area contributed by atoms with Gasteiger partial charge < -0.3 is 30.1 Å². The third-order valence-corrected chi connectivity index (χ3v) is 6.81. The van der Waals surface area contributed by atoms with Crippen molar-refractivity contribution in [2.24, 2.45) is 0 Å². The van der Waals surface area contributed by atoms with E-state index in [0.29, 0.717) is 5.92 Å². The summed E-state index contributed by atoms with van der Waals surface area (Å²) >= 11 is 0. The standard InChI is InChI=1S/C21H32NSi.2ClH.Zr/c1-15-16(2)18(4)21(22-13-9-10-14-23(5)6)20(17(15)3)19-11-7-8-12-19;;;/h7-8,11-12,19,23H,9-10,13-14H2,1-6H3;2*1H;/q-1;;;+3/p-2. The molecule has 0 atom stereocenters. The van der Waals surface area contributed by atoms with Crippen LogP contribution in [0.2, 0.25) is 19.1 Å². The first-order valence-electron chi connectivity index (χ1n) is 9.06. The van der Waals surface area contributed by atoms with E-state index >= 15 is 0 Å². The Morgan fingerprint density at radius 2 is 1.38 bits per heavy atom. The zero-order valence-electron chi connectivity index (χ0n) is 17.0. The van der Waals surface area contributed by atoms with E-state index < -0.39 is 8.80 Å². The zero-order chi connectivity index (χ0) is 17.0. The SMILES string of the molecule is Cc1c(C)c(C)c(C2C=CC=C2)c([N-]CCCC[SiH](C)C)c1C.[Cl-].[Cl-].[Zr+3]. The fraction of sp³-hybridized carbons (Fsp3) is 0.524. The van der Waals surface area contributed by atoms with Gasteiger partial charge in [-0.2, -0.15) is 0 Å². The minimum absolute atomic E-state index is 0. The van der Waals surface area contributed by atoms with Gasteiger partial charge >= 0.3 is 26.2 Å². The molecule has 1 nitrogen and oxygen atoms in total. The van der Waals surface area contributed by atoms with Crippen molar-refractivity contribution in [3.05, 3.63) is 57.4 Å². The molecule has 0 aromatic heterocycles. The number of hydrogen-bond acceptors (Lipinski definition) is 0. The third kappa shape index (κ3) is 6.97. The molecule has 1 aliphatic rings. The maximum atomic E-state index is 5.06. The molecule has 0 unspecified atom stereocenters. The molecule has 0 spiro atoms. The molecule has 0 saturated carbocycles. The quantitative estimate of drug-likeness (QED) is 0.390. The van der Waals surface area contributed by atoms with Crippen molar-refractivity contribution in [3.8, 4) is 0 Å². The first kappa shape index (κ1) is 28.4. The van der Waals surface area contributed by atoms with Crippen molar-refractivity contribution >= 4 is 14.5 Å². The molecule has 0 saturated heterocycles. The van der Waals surface area contributed by atoms with Crippen LogP contribution in [0, 0.1) is 27.7 Å². The van der Waals surface area contributed by atoms with Gasteiger partial charge in [0, 0.05) is 14.7 Å². The first-order valence-corrected chi connectivity index (χ1v) is 12.2. The summed E-state index contributed by atoms with van der Waals surface area (Å²) in [7, 11) is -0.408. The maximum Gasteiger partial charge on any atom is 3.00 e. The largest absolute Gasteiger partial charge is 3.00 e. The number of unbranched alkanes of at least 4 members (excludes halogenated alkanes) is 1. The van der Waals surface area contributed by atoms with E-state index in [9.17, 15) is 0 Å². The van der Waals surface area contributed by atoms with Gasteiger partial charge in [0.15, 0.2) is 0 Å². The summed E-state index contributed by atoms with van der Waals surface area (Å²) < 4.78 is 0. The average Bonchev–Trinajstić information content (AvgIpc) is 3.03. The molecule has 0 aliphatic heterocycles.